The van der Waals surface area contributed by atoms with Crippen LogP contribution in [0.4, 0.5) is 0 Å². The molecular weight excluding hydrogens is 277 g/mol. The van der Waals surface area contributed by atoms with Crippen LogP contribution < -0.4 is 40.4 Å². The Kier molecular flexibility index (Phi) is 12.9. The molecule has 0 aliphatic rings. The van der Waals surface area contributed by atoms with Crippen LogP contribution in [0.1, 0.15) is 12.8 Å². The van der Waals surface area contributed by atoms with Crippen molar-refractivity contribution in [2.75, 3.05) is 6.54 Å². The summed E-state index contributed by atoms with van der Waals surface area (Å²) in [5, 5.41) is 43.1. The van der Waals surface area contributed by atoms with E-state index in [4.69, 9.17) is 20.4 Å². The van der Waals surface area contributed by atoms with Crippen LogP contribution in [0.2, 0.25) is 0 Å². The first-order valence-corrected chi connectivity index (χ1v) is 4.34. The SMILES string of the molecule is NCC(=O)O.O=C(O)CC(O)(CC(=O)O)C(=O)[O-].[Na+]. The quantitative estimate of drug-likeness (QED) is 0.293. The van der Waals surface area contributed by atoms with Crippen LogP contribution in [0, 0.1) is 0 Å². The summed E-state index contributed by atoms with van der Waals surface area (Å²) in [7, 11) is 0. The smallest absolute Gasteiger partial charge is 0.547 e. The molecule has 10 nitrogen and oxygen atoms in total. The Morgan fingerprint density at radius 3 is 1.32 bits per heavy atom. The maximum atomic E-state index is 10.2. The summed E-state index contributed by atoms with van der Waals surface area (Å²) in [6, 6.07) is 0. The fourth-order valence-electron chi connectivity index (χ4n) is 0.707. The minimum absolute atomic E-state index is 0. The number of carbonyl (C=O) groups excluding carboxylic acids is 1. The van der Waals surface area contributed by atoms with Crippen LogP contribution in [0.3, 0.4) is 0 Å². The fourth-order valence-corrected chi connectivity index (χ4v) is 0.707. The average Bonchev–Trinajstić information content (AvgIpc) is 2.15. The van der Waals surface area contributed by atoms with Crippen LogP contribution in [-0.2, 0) is 19.2 Å². The largest absolute Gasteiger partial charge is 1.00 e. The predicted octanol–water partition coefficient (Wildman–Crippen LogP) is -6.55. The van der Waals surface area contributed by atoms with Gasteiger partial charge in [0, 0.05) is 0 Å². The van der Waals surface area contributed by atoms with Gasteiger partial charge in [0.05, 0.1) is 25.4 Å². The maximum Gasteiger partial charge on any atom is 1.00 e. The van der Waals surface area contributed by atoms with E-state index in [1.807, 2.05) is 0 Å². The summed E-state index contributed by atoms with van der Waals surface area (Å²) in [4.78, 5) is 39.6. The van der Waals surface area contributed by atoms with Gasteiger partial charge in [0.2, 0.25) is 0 Å². The number of hydrogen-bond acceptors (Lipinski definition) is 7. The average molecular weight is 289 g/mol. The van der Waals surface area contributed by atoms with E-state index in [0.717, 1.165) is 0 Å². The second-order valence-electron chi connectivity index (χ2n) is 3.06. The number of hydrogen-bond donors (Lipinski definition) is 5. The van der Waals surface area contributed by atoms with Crippen molar-refractivity contribution in [2.45, 2.75) is 18.4 Å². The molecule has 11 heteroatoms. The topological polar surface area (TPSA) is 198 Å². The summed E-state index contributed by atoms with van der Waals surface area (Å²) in [6.45, 7) is -0.278. The molecule has 0 aromatic heterocycles. The van der Waals surface area contributed by atoms with E-state index >= 15 is 0 Å². The number of carbonyl (C=O) groups is 4. The molecule has 0 aromatic rings. The van der Waals surface area contributed by atoms with Gasteiger partial charge in [-0.15, -0.1) is 0 Å². The van der Waals surface area contributed by atoms with Gasteiger partial charge in [0.15, 0.2) is 0 Å². The molecule has 0 unspecified atom stereocenters. The molecule has 0 atom stereocenters. The first kappa shape index (κ1) is 22.9. The first-order valence-electron chi connectivity index (χ1n) is 4.34. The maximum absolute atomic E-state index is 10.2. The summed E-state index contributed by atoms with van der Waals surface area (Å²) in [5.41, 5.74) is 1.72. The first-order chi connectivity index (χ1) is 8.05. The molecule has 0 rings (SSSR count). The third-order valence-corrected chi connectivity index (χ3v) is 1.44. The van der Waals surface area contributed by atoms with Crippen molar-refractivity contribution in [1.29, 1.82) is 0 Å². The molecule has 0 saturated heterocycles. The fraction of sp³-hybridized carbons (Fsp3) is 0.500. The van der Waals surface area contributed by atoms with Gasteiger partial charge in [0.25, 0.3) is 0 Å². The number of aliphatic carboxylic acids is 4. The molecule has 19 heavy (non-hydrogen) atoms. The molecule has 0 saturated carbocycles. The third kappa shape index (κ3) is 13.0. The van der Waals surface area contributed by atoms with Crippen molar-refractivity contribution in [3.8, 4) is 0 Å². The van der Waals surface area contributed by atoms with Crippen molar-refractivity contribution in [1.82, 2.24) is 0 Å². The molecule has 0 aliphatic heterocycles. The zero-order chi connectivity index (χ0) is 14.9. The molecule has 0 fully saturated rings. The van der Waals surface area contributed by atoms with Crippen molar-refractivity contribution in [3.05, 3.63) is 0 Å². The molecule has 0 spiro atoms. The number of rotatable bonds is 6. The van der Waals surface area contributed by atoms with Crippen molar-refractivity contribution < 1.29 is 74.3 Å². The second-order valence-corrected chi connectivity index (χ2v) is 3.06. The van der Waals surface area contributed by atoms with Crippen molar-refractivity contribution in [3.63, 3.8) is 0 Å². The van der Waals surface area contributed by atoms with E-state index in [2.05, 4.69) is 5.73 Å². The minimum atomic E-state index is -2.85. The van der Waals surface area contributed by atoms with Crippen LogP contribution in [0.5, 0.6) is 0 Å². The third-order valence-electron chi connectivity index (χ3n) is 1.44. The molecule has 0 aromatic carbocycles. The Morgan fingerprint density at radius 2 is 1.21 bits per heavy atom. The van der Waals surface area contributed by atoms with Crippen LogP contribution >= 0.6 is 0 Å². The van der Waals surface area contributed by atoms with E-state index < -0.39 is 42.3 Å². The van der Waals surface area contributed by atoms with Gasteiger partial charge in [-0.2, -0.15) is 0 Å². The monoisotopic (exact) mass is 289 g/mol. The Balaban J connectivity index is -0.000000366. The standard InChI is InChI=1S/C6H8O7.C2H5NO2.Na/c7-3(8)1-6(13,5(11)12)2-4(9)10;3-1-2(4)5;/h13H,1-2H2,(H,7,8)(H,9,10)(H,11,12);1,3H2,(H,4,5);/q;;+1/p-1. The minimum Gasteiger partial charge on any atom is -0.547 e. The molecule has 0 bridgehead atoms. The van der Waals surface area contributed by atoms with E-state index in [9.17, 15) is 24.3 Å². The van der Waals surface area contributed by atoms with E-state index in [1.165, 1.54) is 0 Å². The summed E-state index contributed by atoms with van der Waals surface area (Å²) in [5.74, 6) is -6.32. The van der Waals surface area contributed by atoms with Crippen molar-refractivity contribution >= 4 is 23.9 Å². The number of nitrogens with two attached hydrogens (primary N) is 1. The van der Waals surface area contributed by atoms with Gasteiger partial charge < -0.3 is 36.1 Å². The van der Waals surface area contributed by atoms with Gasteiger partial charge in [-0.25, -0.2) is 0 Å². The van der Waals surface area contributed by atoms with Crippen LogP contribution in [-0.4, -0.2) is 56.4 Å². The Labute approximate surface area is 129 Å². The van der Waals surface area contributed by atoms with Crippen LogP contribution in [0.25, 0.3) is 0 Å². The van der Waals surface area contributed by atoms with E-state index in [0.29, 0.717) is 0 Å². The normalized spacial score (nSPS) is 9.37. The van der Waals surface area contributed by atoms with Crippen LogP contribution in [0.15, 0.2) is 0 Å². The molecule has 0 heterocycles. The predicted molar refractivity (Wildman–Crippen MR) is 51.2 cm³/mol. The zero-order valence-electron chi connectivity index (χ0n) is 10.0. The van der Waals surface area contributed by atoms with Gasteiger partial charge in [0.1, 0.15) is 5.60 Å². The van der Waals surface area contributed by atoms with Crippen molar-refractivity contribution in [2.24, 2.45) is 5.73 Å². The summed E-state index contributed by atoms with van der Waals surface area (Å²) >= 11 is 0. The number of carboxylic acid groups (broad SMARTS) is 4. The zero-order valence-corrected chi connectivity index (χ0v) is 12.0. The Bertz CT molecular complexity index is 327. The van der Waals surface area contributed by atoms with E-state index in [-0.39, 0.29) is 36.1 Å². The summed E-state index contributed by atoms with van der Waals surface area (Å²) < 4.78 is 0. The molecular formula is C8H12NNaO9. The van der Waals surface area contributed by atoms with Gasteiger partial charge in [-0.3, -0.25) is 14.4 Å². The van der Waals surface area contributed by atoms with Gasteiger partial charge in [-0.05, 0) is 0 Å². The molecule has 0 amide bonds. The number of aliphatic hydroxyl groups is 1. The molecule has 6 N–H and O–H groups in total. The molecule has 0 radical (unpaired) electrons. The van der Waals surface area contributed by atoms with E-state index in [1.54, 1.807) is 0 Å². The molecule has 104 valence electrons. The Hall–Kier alpha value is -1.20. The molecule has 0 aliphatic carbocycles. The van der Waals surface area contributed by atoms with Gasteiger partial charge >= 0.3 is 47.5 Å². The Morgan fingerprint density at radius 1 is 0.947 bits per heavy atom. The second kappa shape index (κ2) is 10.7. The number of carboxylic acids is 4. The summed E-state index contributed by atoms with van der Waals surface area (Å²) in [6.07, 6.45) is -2.41. The van der Waals surface area contributed by atoms with Gasteiger partial charge in [-0.1, -0.05) is 0 Å².